The molecule has 4 rings (SSSR count). The molecule has 26 heavy (non-hydrogen) atoms. The highest BCUT2D eigenvalue weighted by atomic mass is 19.1. The number of carbonyl (C=O) groups excluding carboxylic acids is 2. The van der Waals surface area contributed by atoms with Crippen LogP contribution in [0.15, 0.2) is 36.4 Å². The van der Waals surface area contributed by atoms with E-state index in [0.29, 0.717) is 22.4 Å². The van der Waals surface area contributed by atoms with Crippen molar-refractivity contribution in [2.75, 3.05) is 23.8 Å². The predicted octanol–water partition coefficient (Wildman–Crippen LogP) is 3.40. The van der Waals surface area contributed by atoms with E-state index in [4.69, 9.17) is 0 Å². The highest BCUT2D eigenvalue weighted by Gasteiger charge is 2.38. The molecule has 2 aliphatic heterocycles. The second kappa shape index (κ2) is 6.12. The number of hydrogen-bond acceptors (Lipinski definition) is 3. The minimum Gasteiger partial charge on any atom is -0.354 e. The van der Waals surface area contributed by atoms with E-state index in [1.165, 1.54) is 6.07 Å². The first-order valence-electron chi connectivity index (χ1n) is 8.71. The fourth-order valence-corrected chi connectivity index (χ4v) is 3.72. The van der Waals surface area contributed by atoms with E-state index < -0.39 is 0 Å². The number of halogens is 1. The zero-order chi connectivity index (χ0) is 18.4. The van der Waals surface area contributed by atoms with Crippen LogP contribution < -0.4 is 10.2 Å². The Bertz CT molecular complexity index is 912. The second-order valence-electron chi connectivity index (χ2n) is 6.88. The van der Waals surface area contributed by atoms with Gasteiger partial charge in [0.15, 0.2) is 0 Å². The third-order valence-corrected chi connectivity index (χ3v) is 5.23. The summed E-state index contributed by atoms with van der Waals surface area (Å²) in [7, 11) is 1.95. The maximum atomic E-state index is 13.7. The van der Waals surface area contributed by atoms with Gasteiger partial charge in [0.2, 0.25) is 0 Å². The second-order valence-corrected chi connectivity index (χ2v) is 6.88. The summed E-state index contributed by atoms with van der Waals surface area (Å²) >= 11 is 0. The zero-order valence-corrected chi connectivity index (χ0v) is 14.8. The van der Waals surface area contributed by atoms with Gasteiger partial charge in [0.1, 0.15) is 12.0 Å². The summed E-state index contributed by atoms with van der Waals surface area (Å²) in [5.41, 5.74) is 2.75. The molecule has 0 spiro atoms. The minimum atomic E-state index is -0.361. The van der Waals surface area contributed by atoms with Gasteiger partial charge >= 0.3 is 0 Å². The number of rotatable bonds is 2. The Morgan fingerprint density at radius 1 is 1.23 bits per heavy atom. The lowest BCUT2D eigenvalue weighted by molar-refractivity contribution is 0.0719. The lowest BCUT2D eigenvalue weighted by atomic mass is 10.0. The molecule has 5 nitrogen and oxygen atoms in total. The summed E-state index contributed by atoms with van der Waals surface area (Å²) in [6.45, 7) is 2.44. The van der Waals surface area contributed by atoms with Crippen LogP contribution in [0, 0.1) is 12.7 Å². The SMILES string of the molecule is Cc1ccc(NC(=O)c2ccc3c(c2)N(C)[C@H]2CCCN2C3=O)cc1F. The van der Waals surface area contributed by atoms with E-state index in [9.17, 15) is 14.0 Å². The molecule has 0 bridgehead atoms. The number of aryl methyl sites for hydroxylation is 1. The van der Waals surface area contributed by atoms with Crippen molar-refractivity contribution in [3.63, 3.8) is 0 Å². The minimum absolute atomic E-state index is 0.0214. The number of amides is 2. The number of hydrogen-bond donors (Lipinski definition) is 1. The van der Waals surface area contributed by atoms with Gasteiger partial charge in [0.05, 0.1) is 11.3 Å². The van der Waals surface area contributed by atoms with Crippen LogP contribution in [-0.4, -0.2) is 36.5 Å². The van der Waals surface area contributed by atoms with Gasteiger partial charge in [-0.3, -0.25) is 9.59 Å². The summed E-state index contributed by atoms with van der Waals surface area (Å²) in [5.74, 6) is -0.668. The summed E-state index contributed by atoms with van der Waals surface area (Å²) < 4.78 is 13.7. The van der Waals surface area contributed by atoms with Crippen molar-refractivity contribution in [3.05, 3.63) is 58.9 Å². The van der Waals surface area contributed by atoms with E-state index in [1.54, 1.807) is 37.3 Å². The van der Waals surface area contributed by atoms with Crippen LogP contribution in [0.5, 0.6) is 0 Å². The Hall–Kier alpha value is -2.89. The molecule has 0 unspecified atom stereocenters. The highest BCUT2D eigenvalue weighted by molar-refractivity contribution is 6.08. The number of fused-ring (bicyclic) bond motifs is 2. The van der Waals surface area contributed by atoms with Crippen molar-refractivity contribution < 1.29 is 14.0 Å². The number of carbonyl (C=O) groups is 2. The predicted molar refractivity (Wildman–Crippen MR) is 98.0 cm³/mol. The topological polar surface area (TPSA) is 52.7 Å². The van der Waals surface area contributed by atoms with E-state index in [0.717, 1.165) is 25.1 Å². The summed E-state index contributed by atoms with van der Waals surface area (Å²) in [5, 5.41) is 2.71. The largest absolute Gasteiger partial charge is 0.354 e. The first kappa shape index (κ1) is 16.6. The molecule has 1 saturated heterocycles. The monoisotopic (exact) mass is 353 g/mol. The smallest absolute Gasteiger partial charge is 0.257 e. The molecule has 2 aliphatic rings. The van der Waals surface area contributed by atoms with Gasteiger partial charge < -0.3 is 15.1 Å². The van der Waals surface area contributed by atoms with Gasteiger partial charge in [-0.25, -0.2) is 4.39 Å². The number of anilines is 2. The maximum Gasteiger partial charge on any atom is 0.257 e. The first-order chi connectivity index (χ1) is 12.5. The van der Waals surface area contributed by atoms with Gasteiger partial charge in [-0.05, 0) is 55.7 Å². The molecule has 1 atom stereocenters. The molecular formula is C20H20FN3O2. The molecule has 1 N–H and O–H groups in total. The van der Waals surface area contributed by atoms with Crippen molar-refractivity contribution in [2.45, 2.75) is 25.9 Å². The van der Waals surface area contributed by atoms with Gasteiger partial charge in [0, 0.05) is 24.8 Å². The molecule has 2 aromatic rings. The quantitative estimate of drug-likeness (QED) is 0.900. The number of benzene rings is 2. The molecule has 0 aliphatic carbocycles. The van der Waals surface area contributed by atoms with Crippen molar-refractivity contribution in [1.82, 2.24) is 4.90 Å². The number of nitrogens with zero attached hydrogens (tertiary/aromatic N) is 2. The molecule has 6 heteroatoms. The molecule has 2 aromatic carbocycles. The van der Waals surface area contributed by atoms with E-state index in [1.807, 2.05) is 11.9 Å². The van der Waals surface area contributed by atoms with Gasteiger partial charge in [-0.2, -0.15) is 0 Å². The van der Waals surface area contributed by atoms with Crippen LogP contribution in [0.2, 0.25) is 0 Å². The molecule has 2 amide bonds. The molecule has 0 aromatic heterocycles. The average molecular weight is 353 g/mol. The van der Waals surface area contributed by atoms with Gasteiger partial charge in [-0.15, -0.1) is 0 Å². The van der Waals surface area contributed by atoms with Crippen LogP contribution in [0.3, 0.4) is 0 Å². The van der Waals surface area contributed by atoms with Crippen molar-refractivity contribution in [2.24, 2.45) is 0 Å². The zero-order valence-electron chi connectivity index (χ0n) is 14.8. The van der Waals surface area contributed by atoms with Crippen molar-refractivity contribution in [1.29, 1.82) is 0 Å². The fourth-order valence-electron chi connectivity index (χ4n) is 3.72. The summed E-state index contributed by atoms with van der Waals surface area (Å²) in [6.07, 6.45) is 1.97. The van der Waals surface area contributed by atoms with E-state index in [-0.39, 0.29) is 23.8 Å². The van der Waals surface area contributed by atoms with E-state index in [2.05, 4.69) is 10.2 Å². The Kier molecular flexibility index (Phi) is 3.90. The molecule has 1 fully saturated rings. The molecule has 0 saturated carbocycles. The maximum absolute atomic E-state index is 13.7. The average Bonchev–Trinajstić information content (AvgIpc) is 3.12. The van der Waals surface area contributed by atoms with Crippen LogP contribution in [0.25, 0.3) is 0 Å². The Labute approximate surface area is 151 Å². The fraction of sp³-hybridized carbons (Fsp3) is 0.300. The highest BCUT2D eigenvalue weighted by Crippen LogP contribution is 2.35. The standard InChI is InChI=1S/C20H20FN3O2/c1-12-5-7-14(11-16(12)21)22-19(25)13-6-8-15-17(10-13)23(2)18-4-3-9-24(18)20(15)26/h5-8,10-11,18H,3-4,9H2,1-2H3,(H,22,25)/t18-/m1/s1. The molecule has 0 radical (unpaired) electrons. The Morgan fingerprint density at radius 3 is 2.81 bits per heavy atom. The Morgan fingerprint density at radius 2 is 2.04 bits per heavy atom. The molecular weight excluding hydrogens is 333 g/mol. The van der Waals surface area contributed by atoms with Crippen LogP contribution in [0.4, 0.5) is 15.8 Å². The third kappa shape index (κ3) is 2.62. The summed E-state index contributed by atoms with van der Waals surface area (Å²) in [4.78, 5) is 29.2. The van der Waals surface area contributed by atoms with Crippen molar-refractivity contribution in [3.8, 4) is 0 Å². The van der Waals surface area contributed by atoms with Gasteiger partial charge in [-0.1, -0.05) is 6.07 Å². The normalized spacial score (nSPS) is 18.6. The van der Waals surface area contributed by atoms with Crippen LogP contribution in [0.1, 0.15) is 39.1 Å². The Balaban J connectivity index is 1.62. The molecule has 2 heterocycles. The summed E-state index contributed by atoms with van der Waals surface area (Å²) in [6, 6.07) is 9.67. The van der Waals surface area contributed by atoms with Gasteiger partial charge in [0.25, 0.3) is 11.8 Å². The van der Waals surface area contributed by atoms with Crippen LogP contribution in [-0.2, 0) is 0 Å². The lowest BCUT2D eigenvalue weighted by Crippen LogP contribution is -2.50. The van der Waals surface area contributed by atoms with Crippen molar-refractivity contribution >= 4 is 23.2 Å². The van der Waals surface area contributed by atoms with Crippen LogP contribution >= 0.6 is 0 Å². The number of nitrogens with one attached hydrogen (secondary N) is 1. The third-order valence-electron chi connectivity index (χ3n) is 5.23. The molecule has 134 valence electrons. The van der Waals surface area contributed by atoms with E-state index >= 15 is 0 Å². The lowest BCUT2D eigenvalue weighted by Gasteiger charge is -2.40. The first-order valence-corrected chi connectivity index (χ1v) is 8.71.